The average molecular weight is 377 g/mol. The van der Waals surface area contributed by atoms with Crippen LogP contribution in [-0.4, -0.2) is 33.2 Å². The number of hydrogen-bond acceptors (Lipinski definition) is 3. The molecule has 0 aromatic heterocycles. The standard InChI is InChI=1S/C24H27NO3/c26-21-13-23(14-21)12-20-10-11-24(16-23,19-8-6-18(7-9-19)22(27)28)25(20)15-17-4-2-1-3-5-17/h1-9,20-21,26H,10-16H2,(H,27,28). The molecule has 4 nitrogen and oxygen atoms in total. The van der Waals surface area contributed by atoms with Crippen molar-refractivity contribution in [3.05, 3.63) is 71.3 Å². The molecule has 0 radical (unpaired) electrons. The van der Waals surface area contributed by atoms with Gasteiger partial charge in [0.2, 0.25) is 0 Å². The summed E-state index contributed by atoms with van der Waals surface area (Å²) in [7, 11) is 0. The fourth-order valence-electron chi connectivity index (χ4n) is 6.30. The summed E-state index contributed by atoms with van der Waals surface area (Å²) in [5.41, 5.74) is 3.09. The minimum Gasteiger partial charge on any atom is -0.478 e. The molecule has 1 spiro atoms. The number of rotatable bonds is 4. The molecule has 2 bridgehead atoms. The lowest BCUT2D eigenvalue weighted by molar-refractivity contribution is -0.120. The maximum Gasteiger partial charge on any atom is 0.335 e. The van der Waals surface area contributed by atoms with Gasteiger partial charge >= 0.3 is 5.97 Å². The van der Waals surface area contributed by atoms with Crippen LogP contribution in [0.5, 0.6) is 0 Å². The highest BCUT2D eigenvalue weighted by molar-refractivity contribution is 5.87. The molecule has 28 heavy (non-hydrogen) atoms. The zero-order valence-electron chi connectivity index (χ0n) is 16.1. The van der Waals surface area contributed by atoms with Crippen molar-refractivity contribution in [2.45, 2.75) is 62.8 Å². The van der Waals surface area contributed by atoms with Crippen LogP contribution in [0, 0.1) is 5.41 Å². The maximum absolute atomic E-state index is 11.3. The Hall–Kier alpha value is -2.17. The molecule has 2 aromatic carbocycles. The van der Waals surface area contributed by atoms with Gasteiger partial charge in [-0.05, 0) is 67.2 Å². The van der Waals surface area contributed by atoms with Gasteiger partial charge in [0.25, 0.3) is 0 Å². The van der Waals surface area contributed by atoms with Crippen molar-refractivity contribution in [1.29, 1.82) is 0 Å². The molecule has 2 heterocycles. The highest BCUT2D eigenvalue weighted by Crippen LogP contribution is 2.63. The number of hydrogen-bond donors (Lipinski definition) is 2. The number of aliphatic hydroxyl groups is 1. The highest BCUT2D eigenvalue weighted by Gasteiger charge is 2.60. The molecule has 146 valence electrons. The Balaban J connectivity index is 1.53. The Morgan fingerprint density at radius 3 is 2.39 bits per heavy atom. The van der Waals surface area contributed by atoms with E-state index in [-0.39, 0.29) is 17.1 Å². The Kier molecular flexibility index (Phi) is 4.11. The van der Waals surface area contributed by atoms with Crippen LogP contribution in [0.1, 0.15) is 60.0 Å². The number of aliphatic hydroxyl groups excluding tert-OH is 1. The first-order valence-corrected chi connectivity index (χ1v) is 10.3. The van der Waals surface area contributed by atoms with Crippen LogP contribution in [-0.2, 0) is 12.1 Å². The van der Waals surface area contributed by atoms with Gasteiger partial charge in [0.15, 0.2) is 0 Å². The molecule has 4 heteroatoms. The lowest BCUT2D eigenvalue weighted by Crippen LogP contribution is -2.58. The largest absolute Gasteiger partial charge is 0.478 e. The molecule has 1 saturated carbocycles. The third kappa shape index (κ3) is 2.78. The predicted octanol–water partition coefficient (Wildman–Crippen LogP) is 4.18. The summed E-state index contributed by atoms with van der Waals surface area (Å²) in [6.45, 7) is 0.921. The Labute approximate surface area is 165 Å². The summed E-state index contributed by atoms with van der Waals surface area (Å²) >= 11 is 0. The van der Waals surface area contributed by atoms with Gasteiger partial charge in [-0.1, -0.05) is 42.5 Å². The van der Waals surface area contributed by atoms with E-state index < -0.39 is 5.97 Å². The molecular formula is C24H27NO3. The first-order valence-electron chi connectivity index (χ1n) is 10.3. The lowest BCUT2D eigenvalue weighted by Gasteiger charge is -2.58. The average Bonchev–Trinajstić information content (AvgIpc) is 2.89. The molecule has 1 aliphatic carbocycles. The predicted molar refractivity (Wildman–Crippen MR) is 107 cm³/mol. The van der Waals surface area contributed by atoms with Crippen LogP contribution >= 0.6 is 0 Å². The second-order valence-corrected chi connectivity index (χ2v) is 9.16. The lowest BCUT2D eigenvalue weighted by atomic mass is 9.56. The van der Waals surface area contributed by atoms with E-state index in [1.54, 1.807) is 12.1 Å². The van der Waals surface area contributed by atoms with E-state index in [1.807, 2.05) is 12.1 Å². The summed E-state index contributed by atoms with van der Waals surface area (Å²) < 4.78 is 0. The topological polar surface area (TPSA) is 60.8 Å². The summed E-state index contributed by atoms with van der Waals surface area (Å²) in [6.07, 6.45) is 6.19. The van der Waals surface area contributed by atoms with Crippen molar-refractivity contribution in [2.75, 3.05) is 0 Å². The molecule has 2 saturated heterocycles. The molecule has 5 rings (SSSR count). The molecule has 2 unspecified atom stereocenters. The van der Waals surface area contributed by atoms with E-state index in [0.717, 1.165) is 32.2 Å². The summed E-state index contributed by atoms with van der Waals surface area (Å²) in [4.78, 5) is 14.0. The third-order valence-electron chi connectivity index (χ3n) is 7.42. The fraction of sp³-hybridized carbons (Fsp3) is 0.458. The number of piperidine rings is 1. The molecule has 2 N–H and O–H groups in total. The first kappa shape index (κ1) is 17.9. The van der Waals surface area contributed by atoms with E-state index in [9.17, 15) is 15.0 Å². The SMILES string of the molecule is O=C(O)c1ccc(C23CCC(CC4(CC(O)C4)C2)N3Cc2ccccc2)cc1. The van der Waals surface area contributed by atoms with Crippen molar-refractivity contribution in [2.24, 2.45) is 5.41 Å². The van der Waals surface area contributed by atoms with Gasteiger partial charge in [0.1, 0.15) is 0 Å². The normalized spacial score (nSPS) is 34.3. The number of nitrogens with zero attached hydrogens (tertiary/aromatic N) is 1. The van der Waals surface area contributed by atoms with Crippen molar-refractivity contribution in [3.63, 3.8) is 0 Å². The van der Waals surface area contributed by atoms with Crippen LogP contribution in [0.4, 0.5) is 0 Å². The van der Waals surface area contributed by atoms with Crippen LogP contribution < -0.4 is 0 Å². The van der Waals surface area contributed by atoms with E-state index in [4.69, 9.17) is 0 Å². The van der Waals surface area contributed by atoms with E-state index in [0.29, 0.717) is 11.6 Å². The summed E-state index contributed by atoms with van der Waals surface area (Å²) in [5.74, 6) is -0.878. The minimum atomic E-state index is -0.878. The van der Waals surface area contributed by atoms with Gasteiger partial charge in [-0.3, -0.25) is 4.90 Å². The van der Waals surface area contributed by atoms with Crippen LogP contribution in [0.25, 0.3) is 0 Å². The minimum absolute atomic E-state index is 0.0596. The van der Waals surface area contributed by atoms with E-state index in [2.05, 4.69) is 35.2 Å². The van der Waals surface area contributed by atoms with Gasteiger partial charge in [-0.2, -0.15) is 0 Å². The second kappa shape index (κ2) is 6.43. The van der Waals surface area contributed by atoms with Crippen LogP contribution in [0.3, 0.4) is 0 Å². The zero-order valence-corrected chi connectivity index (χ0v) is 16.1. The Bertz CT molecular complexity index is 872. The third-order valence-corrected chi connectivity index (χ3v) is 7.42. The van der Waals surface area contributed by atoms with Crippen molar-refractivity contribution >= 4 is 5.97 Å². The number of fused-ring (bicyclic) bond motifs is 2. The molecule has 2 aromatic rings. The summed E-state index contributed by atoms with van der Waals surface area (Å²) in [5, 5.41) is 19.3. The highest BCUT2D eigenvalue weighted by atomic mass is 16.4. The first-order chi connectivity index (χ1) is 13.5. The monoisotopic (exact) mass is 377 g/mol. The van der Waals surface area contributed by atoms with Crippen molar-refractivity contribution in [3.8, 4) is 0 Å². The number of carbonyl (C=O) groups is 1. The van der Waals surface area contributed by atoms with E-state index in [1.165, 1.54) is 24.0 Å². The maximum atomic E-state index is 11.3. The van der Waals surface area contributed by atoms with E-state index >= 15 is 0 Å². The van der Waals surface area contributed by atoms with Crippen LogP contribution in [0.15, 0.2) is 54.6 Å². The molecule has 2 aliphatic heterocycles. The quantitative estimate of drug-likeness (QED) is 0.839. The number of benzene rings is 2. The van der Waals surface area contributed by atoms with Gasteiger partial charge in [-0.15, -0.1) is 0 Å². The Morgan fingerprint density at radius 1 is 1.04 bits per heavy atom. The molecular weight excluding hydrogens is 350 g/mol. The summed E-state index contributed by atoms with van der Waals surface area (Å²) in [6, 6.07) is 18.7. The van der Waals surface area contributed by atoms with Crippen LogP contribution in [0.2, 0.25) is 0 Å². The number of carboxylic acids is 1. The van der Waals surface area contributed by atoms with Crippen molar-refractivity contribution < 1.29 is 15.0 Å². The zero-order chi connectivity index (χ0) is 19.4. The second-order valence-electron chi connectivity index (χ2n) is 9.16. The molecule has 3 fully saturated rings. The molecule has 0 amide bonds. The van der Waals surface area contributed by atoms with Gasteiger partial charge < -0.3 is 10.2 Å². The number of carboxylic acid groups (broad SMARTS) is 1. The molecule has 2 atom stereocenters. The van der Waals surface area contributed by atoms with Crippen molar-refractivity contribution in [1.82, 2.24) is 4.90 Å². The number of aromatic carboxylic acids is 1. The van der Waals surface area contributed by atoms with Gasteiger partial charge in [-0.25, -0.2) is 4.79 Å². The molecule has 3 aliphatic rings. The fourth-order valence-corrected chi connectivity index (χ4v) is 6.30. The van der Waals surface area contributed by atoms with Gasteiger partial charge in [0.05, 0.1) is 11.7 Å². The smallest absolute Gasteiger partial charge is 0.335 e. The van der Waals surface area contributed by atoms with Gasteiger partial charge in [0, 0.05) is 18.1 Å². The Morgan fingerprint density at radius 2 is 1.75 bits per heavy atom.